The fourth-order valence-corrected chi connectivity index (χ4v) is 2.86. The van der Waals surface area contributed by atoms with Crippen molar-refractivity contribution in [3.05, 3.63) is 31.9 Å². The van der Waals surface area contributed by atoms with E-state index in [0.29, 0.717) is 27.1 Å². The number of halogens is 1. The van der Waals surface area contributed by atoms with Crippen LogP contribution in [0.2, 0.25) is 4.34 Å². The summed E-state index contributed by atoms with van der Waals surface area (Å²) in [6, 6.07) is 3.42. The molecular formula is C11H13ClN4OS2. The number of carbonyl (C=O) groups excluding carboxylic acids is 1. The normalized spacial score (nSPS) is 10.6. The summed E-state index contributed by atoms with van der Waals surface area (Å²) in [6.07, 6.45) is 0.793. The topological polar surface area (TPSA) is 62.7 Å². The molecule has 0 aliphatic rings. The van der Waals surface area contributed by atoms with Crippen molar-refractivity contribution >= 4 is 41.1 Å². The highest BCUT2D eigenvalue weighted by Gasteiger charge is 2.09. The summed E-state index contributed by atoms with van der Waals surface area (Å²) >= 11 is 12.2. The zero-order chi connectivity index (χ0) is 13.8. The van der Waals surface area contributed by atoms with Gasteiger partial charge in [-0.1, -0.05) is 18.5 Å². The highest BCUT2D eigenvalue weighted by atomic mass is 35.5. The van der Waals surface area contributed by atoms with E-state index in [9.17, 15) is 4.79 Å². The molecule has 2 heterocycles. The summed E-state index contributed by atoms with van der Waals surface area (Å²) in [5.41, 5.74) is 0. The number of aromatic amines is 1. The first-order valence-corrected chi connectivity index (χ1v) is 7.39. The second kappa shape index (κ2) is 6.31. The third kappa shape index (κ3) is 3.43. The van der Waals surface area contributed by atoms with Crippen molar-refractivity contribution in [3.63, 3.8) is 0 Å². The van der Waals surface area contributed by atoms with Crippen LogP contribution in [0.3, 0.4) is 0 Å². The third-order valence-electron chi connectivity index (χ3n) is 2.57. The highest BCUT2D eigenvalue weighted by molar-refractivity contribution is 7.71. The Labute approximate surface area is 124 Å². The van der Waals surface area contributed by atoms with E-state index in [0.717, 1.165) is 12.2 Å². The van der Waals surface area contributed by atoms with E-state index in [4.69, 9.17) is 23.8 Å². The van der Waals surface area contributed by atoms with Gasteiger partial charge in [0, 0.05) is 19.5 Å². The van der Waals surface area contributed by atoms with Crippen LogP contribution in [0.5, 0.6) is 0 Å². The molecule has 0 aliphatic heterocycles. The maximum atomic E-state index is 11.8. The van der Waals surface area contributed by atoms with Gasteiger partial charge in [0.05, 0.1) is 9.21 Å². The van der Waals surface area contributed by atoms with Gasteiger partial charge in [-0.15, -0.1) is 11.3 Å². The van der Waals surface area contributed by atoms with E-state index in [1.54, 1.807) is 12.1 Å². The molecule has 0 saturated carbocycles. The smallest absolute Gasteiger partial charge is 0.261 e. The fraction of sp³-hybridized carbons (Fsp3) is 0.364. The van der Waals surface area contributed by atoms with Gasteiger partial charge in [-0.3, -0.25) is 9.89 Å². The van der Waals surface area contributed by atoms with E-state index < -0.39 is 0 Å². The number of H-pyrrole nitrogens is 1. The maximum Gasteiger partial charge on any atom is 0.261 e. The van der Waals surface area contributed by atoms with Gasteiger partial charge < -0.3 is 9.88 Å². The van der Waals surface area contributed by atoms with Gasteiger partial charge in [-0.2, -0.15) is 5.10 Å². The van der Waals surface area contributed by atoms with Crippen LogP contribution >= 0.6 is 35.2 Å². The molecule has 19 heavy (non-hydrogen) atoms. The molecule has 0 atom stereocenters. The number of amides is 1. The van der Waals surface area contributed by atoms with Gasteiger partial charge in [-0.05, 0) is 24.4 Å². The molecule has 0 bridgehead atoms. The molecule has 0 aromatic carbocycles. The van der Waals surface area contributed by atoms with Crippen LogP contribution in [0.15, 0.2) is 12.1 Å². The lowest BCUT2D eigenvalue weighted by atomic mass is 10.4. The van der Waals surface area contributed by atoms with Gasteiger partial charge in [0.1, 0.15) is 5.82 Å². The molecule has 2 N–H and O–H groups in total. The van der Waals surface area contributed by atoms with Crippen molar-refractivity contribution in [1.82, 2.24) is 20.1 Å². The van der Waals surface area contributed by atoms with Crippen molar-refractivity contribution < 1.29 is 4.79 Å². The summed E-state index contributed by atoms with van der Waals surface area (Å²) < 4.78 is 3.07. The first-order chi connectivity index (χ1) is 9.11. The van der Waals surface area contributed by atoms with Crippen LogP contribution in [0.4, 0.5) is 0 Å². The molecule has 8 heteroatoms. The van der Waals surface area contributed by atoms with Crippen LogP contribution in [0, 0.1) is 4.77 Å². The number of carbonyl (C=O) groups is 1. The van der Waals surface area contributed by atoms with E-state index in [1.807, 2.05) is 11.5 Å². The van der Waals surface area contributed by atoms with Crippen molar-refractivity contribution in [2.75, 3.05) is 6.54 Å². The SMILES string of the molecule is CCc1n[nH]c(=S)n1CCNC(=O)c1ccc(Cl)s1. The maximum absolute atomic E-state index is 11.8. The van der Waals surface area contributed by atoms with Gasteiger partial charge in [-0.25, -0.2) is 0 Å². The standard InChI is InChI=1S/C11H13ClN4OS2/c1-2-9-14-15-11(18)16(9)6-5-13-10(17)7-3-4-8(12)19-7/h3-4H,2,5-6H2,1H3,(H,13,17)(H,15,18). The van der Waals surface area contributed by atoms with Gasteiger partial charge in [0.25, 0.3) is 5.91 Å². The predicted octanol–water partition coefficient (Wildman–Crippen LogP) is 2.65. The minimum Gasteiger partial charge on any atom is -0.350 e. The van der Waals surface area contributed by atoms with Crippen molar-refractivity contribution in [1.29, 1.82) is 0 Å². The molecule has 0 aliphatic carbocycles. The number of nitrogens with zero attached hydrogens (tertiary/aromatic N) is 2. The fourth-order valence-electron chi connectivity index (χ4n) is 1.66. The molecular weight excluding hydrogens is 304 g/mol. The lowest BCUT2D eigenvalue weighted by molar-refractivity contribution is 0.0956. The average molecular weight is 317 g/mol. The number of aryl methyl sites for hydroxylation is 1. The molecule has 0 spiro atoms. The molecule has 5 nitrogen and oxygen atoms in total. The Morgan fingerprint density at radius 3 is 3.05 bits per heavy atom. The number of aromatic nitrogens is 3. The van der Waals surface area contributed by atoms with Crippen molar-refractivity contribution in [3.8, 4) is 0 Å². The zero-order valence-electron chi connectivity index (χ0n) is 10.3. The third-order valence-corrected chi connectivity index (χ3v) is 4.11. The van der Waals surface area contributed by atoms with Crippen LogP contribution in [-0.4, -0.2) is 27.2 Å². The van der Waals surface area contributed by atoms with Crippen LogP contribution in [0.1, 0.15) is 22.4 Å². The van der Waals surface area contributed by atoms with E-state index in [-0.39, 0.29) is 5.91 Å². The minimum atomic E-state index is -0.120. The molecule has 2 aromatic heterocycles. The molecule has 1 amide bonds. The molecule has 0 saturated heterocycles. The molecule has 0 unspecified atom stereocenters. The van der Waals surface area contributed by atoms with E-state index in [1.165, 1.54) is 11.3 Å². The summed E-state index contributed by atoms with van der Waals surface area (Å²) in [5.74, 6) is 0.767. The summed E-state index contributed by atoms with van der Waals surface area (Å²) in [6.45, 7) is 3.10. The molecule has 2 aromatic rings. The Morgan fingerprint density at radius 2 is 2.42 bits per heavy atom. The number of nitrogens with one attached hydrogen (secondary N) is 2. The predicted molar refractivity (Wildman–Crippen MR) is 78.5 cm³/mol. The highest BCUT2D eigenvalue weighted by Crippen LogP contribution is 2.20. The van der Waals surface area contributed by atoms with E-state index in [2.05, 4.69) is 15.5 Å². The minimum absolute atomic E-state index is 0.120. The molecule has 0 radical (unpaired) electrons. The van der Waals surface area contributed by atoms with Gasteiger partial charge in [0.15, 0.2) is 4.77 Å². The van der Waals surface area contributed by atoms with Crippen LogP contribution in [0.25, 0.3) is 0 Å². The second-order valence-corrected chi connectivity index (χ2v) is 5.91. The summed E-state index contributed by atoms with van der Waals surface area (Å²) in [7, 11) is 0. The zero-order valence-corrected chi connectivity index (χ0v) is 12.7. The number of hydrogen-bond acceptors (Lipinski definition) is 4. The Bertz CT molecular complexity index is 631. The lowest BCUT2D eigenvalue weighted by Crippen LogP contribution is -2.27. The Kier molecular flexibility index (Phi) is 4.73. The van der Waals surface area contributed by atoms with Gasteiger partial charge in [0.2, 0.25) is 0 Å². The van der Waals surface area contributed by atoms with Crippen LogP contribution < -0.4 is 5.32 Å². The van der Waals surface area contributed by atoms with Crippen molar-refractivity contribution in [2.45, 2.75) is 19.9 Å². The average Bonchev–Trinajstić information content (AvgIpc) is 2.97. The molecule has 0 fully saturated rings. The first-order valence-electron chi connectivity index (χ1n) is 5.79. The summed E-state index contributed by atoms with van der Waals surface area (Å²) in [5, 5.41) is 9.69. The lowest BCUT2D eigenvalue weighted by Gasteiger charge is -2.06. The Balaban J connectivity index is 1.91. The second-order valence-electron chi connectivity index (χ2n) is 3.81. The number of hydrogen-bond donors (Lipinski definition) is 2. The first kappa shape index (κ1) is 14.2. The number of thiophene rings is 1. The van der Waals surface area contributed by atoms with Crippen molar-refractivity contribution in [2.24, 2.45) is 0 Å². The van der Waals surface area contributed by atoms with Gasteiger partial charge >= 0.3 is 0 Å². The quantitative estimate of drug-likeness (QED) is 0.834. The molecule has 102 valence electrons. The summed E-state index contributed by atoms with van der Waals surface area (Å²) in [4.78, 5) is 12.4. The monoisotopic (exact) mass is 316 g/mol. The van der Waals surface area contributed by atoms with E-state index >= 15 is 0 Å². The Hall–Kier alpha value is -1.18. The molecule has 2 rings (SSSR count). The number of rotatable bonds is 5. The Morgan fingerprint density at radius 1 is 1.63 bits per heavy atom. The van der Waals surface area contributed by atoms with Crippen LogP contribution in [-0.2, 0) is 13.0 Å². The largest absolute Gasteiger partial charge is 0.350 e.